The van der Waals surface area contributed by atoms with Gasteiger partial charge in [0.25, 0.3) is 0 Å². The quantitative estimate of drug-likeness (QED) is 0.0200. The molecular formula is C58H86O6. The highest BCUT2D eigenvalue weighted by atomic mass is 16.6. The molecule has 0 aromatic heterocycles. The number of rotatable bonds is 41. The Bertz CT molecular complexity index is 1520. The van der Waals surface area contributed by atoms with Crippen molar-refractivity contribution in [2.24, 2.45) is 0 Å². The lowest BCUT2D eigenvalue weighted by atomic mass is 10.1. The number of esters is 3. The summed E-state index contributed by atoms with van der Waals surface area (Å²) in [6.07, 6.45) is 73.7. The summed E-state index contributed by atoms with van der Waals surface area (Å²) in [6.45, 7) is 6.10. The molecule has 0 heterocycles. The number of unbranched alkanes of at least 4 members (excludes halogenated alkanes) is 10. The van der Waals surface area contributed by atoms with Crippen LogP contribution >= 0.6 is 0 Å². The second kappa shape index (κ2) is 50.7. The number of ether oxygens (including phenoxy) is 3. The van der Waals surface area contributed by atoms with Crippen LogP contribution in [0.1, 0.15) is 168 Å². The Morgan fingerprint density at radius 2 is 0.672 bits per heavy atom. The molecule has 0 saturated heterocycles. The molecule has 0 aromatic rings. The van der Waals surface area contributed by atoms with Crippen LogP contribution in [0.15, 0.2) is 158 Å². The van der Waals surface area contributed by atoms with E-state index in [0.717, 1.165) is 122 Å². The van der Waals surface area contributed by atoms with Gasteiger partial charge in [-0.2, -0.15) is 0 Å². The average Bonchev–Trinajstić information content (AvgIpc) is 3.29. The SMILES string of the molecule is CC\C=C/C=C\C=C/C=C\CCCCCCCC(=O)OCC(COC(=O)CC/C=C\C/C=C\C/C=C\C/C=C\C/C=C\CC)OC(=O)CCCCCCC\C=C/C=C\C=C/C=C\CC. The van der Waals surface area contributed by atoms with E-state index in [0.29, 0.717) is 12.8 Å². The molecule has 0 fully saturated rings. The first-order chi connectivity index (χ1) is 31.5. The van der Waals surface area contributed by atoms with Gasteiger partial charge in [0.2, 0.25) is 0 Å². The Balaban J connectivity index is 4.63. The van der Waals surface area contributed by atoms with Gasteiger partial charge >= 0.3 is 17.9 Å². The summed E-state index contributed by atoms with van der Waals surface area (Å²) in [7, 11) is 0. The lowest BCUT2D eigenvalue weighted by Crippen LogP contribution is -2.30. The van der Waals surface area contributed by atoms with E-state index < -0.39 is 6.10 Å². The van der Waals surface area contributed by atoms with Crippen LogP contribution in [0.25, 0.3) is 0 Å². The summed E-state index contributed by atoms with van der Waals surface area (Å²) < 4.78 is 16.7. The first kappa shape index (κ1) is 59.0. The fourth-order valence-corrected chi connectivity index (χ4v) is 5.86. The first-order valence-electron chi connectivity index (χ1n) is 24.6. The van der Waals surface area contributed by atoms with E-state index in [1.807, 2.05) is 60.8 Å². The molecule has 0 radical (unpaired) electrons. The normalized spacial score (nSPS) is 13.5. The Morgan fingerprint density at radius 3 is 1.12 bits per heavy atom. The maximum Gasteiger partial charge on any atom is 0.306 e. The molecule has 1 unspecified atom stereocenters. The lowest BCUT2D eigenvalue weighted by molar-refractivity contribution is -0.166. The minimum absolute atomic E-state index is 0.131. The molecule has 64 heavy (non-hydrogen) atoms. The molecule has 0 aromatic carbocycles. The van der Waals surface area contributed by atoms with Gasteiger partial charge in [-0.1, -0.05) is 217 Å². The first-order valence-corrected chi connectivity index (χ1v) is 24.6. The van der Waals surface area contributed by atoms with Crippen LogP contribution in [-0.4, -0.2) is 37.2 Å². The van der Waals surface area contributed by atoms with Crippen LogP contribution in [0.2, 0.25) is 0 Å². The highest BCUT2D eigenvalue weighted by Crippen LogP contribution is 2.12. The predicted molar refractivity (Wildman–Crippen MR) is 274 cm³/mol. The van der Waals surface area contributed by atoms with Gasteiger partial charge in [-0.25, -0.2) is 0 Å². The third-order valence-corrected chi connectivity index (χ3v) is 9.46. The fraction of sp³-hybridized carbons (Fsp3) is 0.500. The molecule has 0 N–H and O–H groups in total. The molecule has 0 amide bonds. The lowest BCUT2D eigenvalue weighted by Gasteiger charge is -2.18. The molecule has 0 bridgehead atoms. The van der Waals surface area contributed by atoms with Crippen molar-refractivity contribution >= 4 is 17.9 Å². The van der Waals surface area contributed by atoms with Crippen molar-refractivity contribution in [3.8, 4) is 0 Å². The molecule has 6 nitrogen and oxygen atoms in total. The zero-order valence-corrected chi connectivity index (χ0v) is 40.2. The summed E-state index contributed by atoms with van der Waals surface area (Å²) in [5, 5.41) is 0. The number of allylic oxidation sites excluding steroid dienone is 26. The molecule has 0 aliphatic heterocycles. The van der Waals surface area contributed by atoms with Gasteiger partial charge in [0.1, 0.15) is 13.2 Å². The van der Waals surface area contributed by atoms with Crippen LogP contribution in [0, 0.1) is 0 Å². The van der Waals surface area contributed by atoms with Crippen molar-refractivity contribution in [1.29, 1.82) is 0 Å². The Morgan fingerprint density at radius 1 is 0.328 bits per heavy atom. The number of carbonyl (C=O) groups is 3. The van der Waals surface area contributed by atoms with E-state index in [9.17, 15) is 14.4 Å². The minimum atomic E-state index is -0.838. The molecule has 354 valence electrons. The van der Waals surface area contributed by atoms with Crippen LogP contribution in [0.3, 0.4) is 0 Å². The van der Waals surface area contributed by atoms with E-state index in [-0.39, 0.29) is 44.0 Å². The van der Waals surface area contributed by atoms with Gasteiger partial charge in [-0.15, -0.1) is 0 Å². The van der Waals surface area contributed by atoms with Crippen molar-refractivity contribution in [3.63, 3.8) is 0 Å². The summed E-state index contributed by atoms with van der Waals surface area (Å²) in [4.78, 5) is 37.9. The summed E-state index contributed by atoms with van der Waals surface area (Å²) in [5.74, 6) is -1.08. The molecule has 0 saturated carbocycles. The number of hydrogen-bond donors (Lipinski definition) is 0. The topological polar surface area (TPSA) is 78.9 Å². The van der Waals surface area contributed by atoms with Crippen molar-refractivity contribution in [1.82, 2.24) is 0 Å². The van der Waals surface area contributed by atoms with E-state index in [2.05, 4.69) is 118 Å². The number of hydrogen-bond acceptors (Lipinski definition) is 6. The van der Waals surface area contributed by atoms with Gasteiger partial charge in [-0.3, -0.25) is 14.4 Å². The average molecular weight is 879 g/mol. The van der Waals surface area contributed by atoms with Crippen molar-refractivity contribution < 1.29 is 28.6 Å². The minimum Gasteiger partial charge on any atom is -0.462 e. The highest BCUT2D eigenvalue weighted by molar-refractivity contribution is 5.71. The smallest absolute Gasteiger partial charge is 0.306 e. The maximum absolute atomic E-state index is 12.8. The Hall–Kier alpha value is -4.97. The molecular weight excluding hydrogens is 793 g/mol. The third-order valence-electron chi connectivity index (χ3n) is 9.46. The Labute approximate surface area is 390 Å². The van der Waals surface area contributed by atoms with Crippen molar-refractivity contribution in [2.75, 3.05) is 13.2 Å². The zero-order chi connectivity index (χ0) is 46.5. The molecule has 0 rings (SSSR count). The number of carbonyl (C=O) groups excluding carboxylic acids is 3. The third kappa shape index (κ3) is 48.1. The van der Waals surface area contributed by atoms with Crippen LogP contribution < -0.4 is 0 Å². The largest absolute Gasteiger partial charge is 0.462 e. The molecule has 0 aliphatic carbocycles. The van der Waals surface area contributed by atoms with Crippen LogP contribution in [0.4, 0.5) is 0 Å². The standard InChI is InChI=1S/C58H86O6/c1-4-7-10-13-16-19-22-25-28-31-33-36-39-42-45-48-51-57(60)63-54-55(64-58(61)52-49-46-43-40-37-34-30-27-24-21-18-15-12-9-6-3)53-62-56(59)50-47-44-41-38-35-32-29-26-23-20-17-14-11-8-5-2/h7-12,14-21,23-30,33,36,42,45,55H,4-6,13,22,31-32,34-35,37-41,43-44,46-54H2,1-3H3/b10-7-,11-8-,12-9-,17-14-,18-15-,19-16-,23-20-,24-21-,28-25-,29-26-,30-27-,36-33-,45-42-. The zero-order valence-electron chi connectivity index (χ0n) is 40.2. The van der Waals surface area contributed by atoms with E-state index in [4.69, 9.17) is 14.2 Å². The summed E-state index contributed by atoms with van der Waals surface area (Å²) in [6, 6.07) is 0. The van der Waals surface area contributed by atoms with Gasteiger partial charge in [0.05, 0.1) is 0 Å². The summed E-state index contributed by atoms with van der Waals surface area (Å²) in [5.41, 5.74) is 0. The second-order valence-corrected chi connectivity index (χ2v) is 15.4. The maximum atomic E-state index is 12.8. The van der Waals surface area contributed by atoms with Gasteiger partial charge in [0.15, 0.2) is 6.10 Å². The molecule has 0 spiro atoms. The molecule has 0 aliphatic rings. The van der Waals surface area contributed by atoms with Crippen LogP contribution in [-0.2, 0) is 28.6 Å². The van der Waals surface area contributed by atoms with Crippen molar-refractivity contribution in [3.05, 3.63) is 158 Å². The fourth-order valence-electron chi connectivity index (χ4n) is 5.86. The molecule has 1 atom stereocenters. The predicted octanol–water partition coefficient (Wildman–Crippen LogP) is 16.2. The van der Waals surface area contributed by atoms with Gasteiger partial charge in [-0.05, 0) is 89.9 Å². The Kier molecular flexibility index (Phi) is 46.7. The van der Waals surface area contributed by atoms with E-state index in [1.165, 1.54) is 0 Å². The van der Waals surface area contributed by atoms with E-state index in [1.54, 1.807) is 0 Å². The second-order valence-electron chi connectivity index (χ2n) is 15.4. The van der Waals surface area contributed by atoms with E-state index >= 15 is 0 Å². The van der Waals surface area contributed by atoms with Gasteiger partial charge in [0, 0.05) is 19.3 Å². The van der Waals surface area contributed by atoms with Crippen molar-refractivity contribution in [2.45, 2.75) is 175 Å². The van der Waals surface area contributed by atoms with Gasteiger partial charge < -0.3 is 14.2 Å². The highest BCUT2D eigenvalue weighted by Gasteiger charge is 2.19. The summed E-state index contributed by atoms with van der Waals surface area (Å²) >= 11 is 0. The monoisotopic (exact) mass is 879 g/mol. The molecule has 6 heteroatoms. The van der Waals surface area contributed by atoms with Crippen LogP contribution in [0.5, 0.6) is 0 Å².